The highest BCUT2D eigenvalue weighted by Crippen LogP contribution is 2.24. The molecule has 0 bridgehead atoms. The number of Topliss-reactive ketones (excluding diaryl/α,β-unsaturated/α-hetero) is 1. The van der Waals surface area contributed by atoms with E-state index in [0.717, 1.165) is 24.6 Å². The predicted molar refractivity (Wildman–Crippen MR) is 78.1 cm³/mol. The Hall–Kier alpha value is -0.613. The molecule has 106 valence electrons. The van der Waals surface area contributed by atoms with Crippen LogP contribution in [0.2, 0.25) is 18.1 Å². The van der Waals surface area contributed by atoms with Gasteiger partial charge in [0.05, 0.1) is 7.11 Å². The highest BCUT2D eigenvalue weighted by atomic mass is 28.4. The minimum atomic E-state index is -1.55. The summed E-state index contributed by atoms with van der Waals surface area (Å²) in [6.45, 7) is 12.3. The molecule has 18 heavy (non-hydrogen) atoms. The molecule has 0 fully saturated rings. The summed E-state index contributed by atoms with van der Waals surface area (Å²) in [5, 5.41) is 0. The van der Waals surface area contributed by atoms with Gasteiger partial charge in [-0.3, -0.25) is 4.79 Å². The first kappa shape index (κ1) is 17.4. The van der Waals surface area contributed by atoms with Crippen LogP contribution in [0.25, 0.3) is 0 Å². The van der Waals surface area contributed by atoms with Gasteiger partial charge >= 0.3 is 0 Å². The van der Waals surface area contributed by atoms with Gasteiger partial charge in [0, 0.05) is 12.5 Å². The van der Waals surface area contributed by atoms with Crippen molar-refractivity contribution in [1.29, 1.82) is 0 Å². The fourth-order valence-corrected chi connectivity index (χ4v) is 5.04. The Kier molecular flexibility index (Phi) is 8.19. The van der Waals surface area contributed by atoms with Crippen molar-refractivity contribution in [2.75, 3.05) is 7.11 Å². The molecule has 0 N–H and O–H groups in total. The van der Waals surface area contributed by atoms with Crippen LogP contribution in [0.15, 0.2) is 12.3 Å². The van der Waals surface area contributed by atoms with E-state index in [-0.39, 0.29) is 17.6 Å². The summed E-state index contributed by atoms with van der Waals surface area (Å²) >= 11 is 0. The molecule has 0 amide bonds. The van der Waals surface area contributed by atoms with Crippen molar-refractivity contribution >= 4 is 14.1 Å². The molecule has 0 heterocycles. The number of rotatable bonds is 10. The zero-order valence-corrected chi connectivity index (χ0v) is 13.5. The van der Waals surface area contributed by atoms with Crippen molar-refractivity contribution in [2.24, 2.45) is 0 Å². The summed E-state index contributed by atoms with van der Waals surface area (Å²) in [5.41, 5.74) is 0. The van der Waals surface area contributed by atoms with Crippen LogP contribution < -0.4 is 0 Å². The Balaban J connectivity index is 4.22. The summed E-state index contributed by atoms with van der Waals surface area (Å²) in [6.07, 6.45) is 1.34. The topological polar surface area (TPSA) is 35.5 Å². The minimum Gasteiger partial charge on any atom is -0.494 e. The quantitative estimate of drug-likeness (QED) is 0.344. The van der Waals surface area contributed by atoms with Crippen LogP contribution in [0.5, 0.6) is 0 Å². The molecular weight excluding hydrogens is 244 g/mol. The molecule has 0 radical (unpaired) electrons. The maximum Gasteiger partial charge on any atom is 0.196 e. The van der Waals surface area contributed by atoms with Gasteiger partial charge in [-0.1, -0.05) is 27.4 Å². The molecule has 3 nitrogen and oxygen atoms in total. The van der Waals surface area contributed by atoms with E-state index in [1.54, 1.807) is 0 Å². The molecular formula is C14H28O3Si. The lowest BCUT2D eigenvalue weighted by atomic mass is 10.1. The molecule has 0 saturated heterocycles. The smallest absolute Gasteiger partial charge is 0.196 e. The predicted octanol–water partition coefficient (Wildman–Crippen LogP) is 3.91. The highest BCUT2D eigenvalue weighted by molar-refractivity contribution is 6.73. The van der Waals surface area contributed by atoms with E-state index in [4.69, 9.17) is 9.16 Å². The van der Waals surface area contributed by atoms with Crippen molar-refractivity contribution in [3.63, 3.8) is 0 Å². The summed E-state index contributed by atoms with van der Waals surface area (Å²) in [7, 11) is -0.0774. The van der Waals surface area contributed by atoms with E-state index in [9.17, 15) is 4.79 Å². The Morgan fingerprint density at radius 2 is 1.72 bits per heavy atom. The number of ketones is 1. The number of carbonyl (C=O) groups excluding carboxylic acids is 1. The first-order chi connectivity index (χ1) is 8.44. The molecule has 4 heteroatoms. The van der Waals surface area contributed by atoms with Crippen LogP contribution in [0.4, 0.5) is 0 Å². The van der Waals surface area contributed by atoms with Crippen molar-refractivity contribution < 1.29 is 14.0 Å². The van der Waals surface area contributed by atoms with E-state index in [1.165, 1.54) is 7.11 Å². The van der Waals surface area contributed by atoms with Crippen molar-refractivity contribution in [1.82, 2.24) is 0 Å². The molecule has 0 aliphatic carbocycles. The minimum absolute atomic E-state index is 0.0234. The number of ether oxygens (including phenoxy) is 1. The average Bonchev–Trinajstić information content (AvgIpc) is 2.41. The van der Waals surface area contributed by atoms with Gasteiger partial charge in [0.1, 0.15) is 0 Å². The number of carbonyl (C=O) groups is 1. The second-order valence-corrected chi connectivity index (χ2v) is 9.48. The first-order valence-corrected chi connectivity index (χ1v) is 9.41. The summed E-state index contributed by atoms with van der Waals surface area (Å²) in [6, 6.07) is 3.43. The van der Waals surface area contributed by atoms with E-state index in [1.807, 2.05) is 0 Å². The summed E-state index contributed by atoms with van der Waals surface area (Å²) in [4.78, 5) is 11.6. The molecule has 0 spiro atoms. The van der Waals surface area contributed by atoms with Crippen LogP contribution in [-0.4, -0.2) is 27.3 Å². The van der Waals surface area contributed by atoms with Gasteiger partial charge in [-0.2, -0.15) is 0 Å². The standard InChI is InChI=1S/C14H28O3Si/c1-7-18(8-2,9-3)17-12(4)10-11-14(15)13(5)16-6/h12H,5,7-11H2,1-4,6H3. The van der Waals surface area contributed by atoms with E-state index in [2.05, 4.69) is 34.3 Å². The Bertz CT molecular complexity index is 264. The largest absolute Gasteiger partial charge is 0.494 e. The molecule has 0 aliphatic heterocycles. The van der Waals surface area contributed by atoms with Gasteiger partial charge in [0.25, 0.3) is 0 Å². The van der Waals surface area contributed by atoms with Crippen LogP contribution in [0.1, 0.15) is 40.5 Å². The third-order valence-corrected chi connectivity index (χ3v) is 8.49. The van der Waals surface area contributed by atoms with Gasteiger partial charge in [0.2, 0.25) is 0 Å². The molecule has 0 aromatic carbocycles. The molecule has 1 atom stereocenters. The lowest BCUT2D eigenvalue weighted by Crippen LogP contribution is -2.39. The normalized spacial score (nSPS) is 13.2. The Labute approximate surface area is 113 Å². The lowest BCUT2D eigenvalue weighted by molar-refractivity contribution is -0.118. The zero-order valence-electron chi connectivity index (χ0n) is 12.5. The third-order valence-electron chi connectivity index (χ3n) is 3.72. The van der Waals surface area contributed by atoms with E-state index >= 15 is 0 Å². The maximum atomic E-state index is 11.6. The number of allylic oxidation sites excluding steroid dienone is 1. The average molecular weight is 272 g/mol. The van der Waals surface area contributed by atoms with Crippen LogP contribution in [0.3, 0.4) is 0 Å². The SMILES string of the molecule is C=C(OC)C(=O)CCC(C)O[Si](CC)(CC)CC. The van der Waals surface area contributed by atoms with E-state index < -0.39 is 8.32 Å². The molecule has 1 unspecified atom stereocenters. The summed E-state index contributed by atoms with van der Waals surface area (Å²) < 4.78 is 11.1. The van der Waals surface area contributed by atoms with Crippen molar-refractivity contribution in [2.45, 2.75) is 64.8 Å². The lowest BCUT2D eigenvalue weighted by Gasteiger charge is -2.31. The van der Waals surface area contributed by atoms with Gasteiger partial charge in [-0.25, -0.2) is 0 Å². The van der Waals surface area contributed by atoms with Crippen LogP contribution >= 0.6 is 0 Å². The fourth-order valence-electron chi connectivity index (χ4n) is 2.07. The first-order valence-electron chi connectivity index (χ1n) is 6.88. The number of hydrogen-bond acceptors (Lipinski definition) is 3. The summed E-state index contributed by atoms with van der Waals surface area (Å²) in [5.74, 6) is 0.219. The molecule has 0 rings (SSSR count). The molecule has 0 aromatic heterocycles. The van der Waals surface area contributed by atoms with Gasteiger partial charge < -0.3 is 9.16 Å². The van der Waals surface area contributed by atoms with Gasteiger partial charge in [0.15, 0.2) is 19.9 Å². The second-order valence-electron chi connectivity index (χ2n) is 4.76. The van der Waals surface area contributed by atoms with Crippen molar-refractivity contribution in [3.8, 4) is 0 Å². The number of hydrogen-bond donors (Lipinski definition) is 0. The molecule has 0 aromatic rings. The molecule has 0 aliphatic rings. The molecule has 0 saturated carbocycles. The zero-order chi connectivity index (χ0) is 14.2. The monoisotopic (exact) mass is 272 g/mol. The van der Waals surface area contributed by atoms with Gasteiger partial charge in [-0.15, -0.1) is 0 Å². The van der Waals surface area contributed by atoms with Crippen LogP contribution in [-0.2, 0) is 14.0 Å². The maximum absolute atomic E-state index is 11.6. The second kappa shape index (κ2) is 8.48. The number of methoxy groups -OCH3 is 1. The third kappa shape index (κ3) is 5.36. The van der Waals surface area contributed by atoms with E-state index in [0.29, 0.717) is 6.42 Å². The van der Waals surface area contributed by atoms with Crippen molar-refractivity contribution in [3.05, 3.63) is 12.3 Å². The fraction of sp³-hybridized carbons (Fsp3) is 0.786. The Morgan fingerprint density at radius 3 is 2.11 bits per heavy atom. The van der Waals surface area contributed by atoms with Crippen LogP contribution in [0, 0.1) is 0 Å². The van der Waals surface area contributed by atoms with Gasteiger partial charge in [-0.05, 0) is 31.5 Å². The highest BCUT2D eigenvalue weighted by Gasteiger charge is 2.30. The Morgan fingerprint density at radius 1 is 1.22 bits per heavy atom.